The molecule has 3 rings (SSSR count). The van der Waals surface area contributed by atoms with E-state index in [2.05, 4.69) is 53.5 Å². The number of benzene rings is 1. The number of hydrogen-bond donors (Lipinski definition) is 1. The second-order valence-corrected chi connectivity index (χ2v) is 4.78. The average molecular weight is 252 g/mol. The zero-order valence-corrected chi connectivity index (χ0v) is 11.1. The Balaban J connectivity index is 1.78. The number of rotatable bonds is 3. The molecule has 1 N–H and O–H groups in total. The molecule has 2 aromatic heterocycles. The lowest BCUT2D eigenvalue weighted by Gasteiger charge is -2.02. The van der Waals surface area contributed by atoms with E-state index in [0.29, 0.717) is 5.95 Å². The lowest BCUT2D eigenvalue weighted by Crippen LogP contribution is -2.01. The van der Waals surface area contributed by atoms with Crippen molar-refractivity contribution in [2.24, 2.45) is 0 Å². The van der Waals surface area contributed by atoms with Gasteiger partial charge in [-0.05, 0) is 37.1 Å². The molecule has 0 saturated carbocycles. The second kappa shape index (κ2) is 4.72. The van der Waals surface area contributed by atoms with Gasteiger partial charge in [-0.2, -0.15) is 4.98 Å². The molecule has 0 fully saturated rings. The van der Waals surface area contributed by atoms with E-state index in [4.69, 9.17) is 0 Å². The van der Waals surface area contributed by atoms with Gasteiger partial charge in [-0.15, -0.1) is 5.10 Å². The molecule has 0 unspecified atom stereocenters. The summed E-state index contributed by atoms with van der Waals surface area (Å²) in [4.78, 5) is 4.45. The summed E-state index contributed by atoms with van der Waals surface area (Å²) in [6, 6.07) is 12.5. The summed E-state index contributed by atoms with van der Waals surface area (Å²) < 4.78 is 1.78. The fourth-order valence-electron chi connectivity index (χ4n) is 2.06. The van der Waals surface area contributed by atoms with Crippen molar-refractivity contribution in [1.82, 2.24) is 14.6 Å². The number of nitrogens with zero attached hydrogens (tertiary/aromatic N) is 3. The van der Waals surface area contributed by atoms with Crippen molar-refractivity contribution < 1.29 is 0 Å². The van der Waals surface area contributed by atoms with Gasteiger partial charge >= 0.3 is 0 Å². The molecule has 0 atom stereocenters. The molecule has 0 radical (unpaired) electrons. The smallest absolute Gasteiger partial charge is 0.243 e. The van der Waals surface area contributed by atoms with Crippen LogP contribution in [0.1, 0.15) is 16.7 Å². The van der Waals surface area contributed by atoms with Gasteiger partial charge in [-0.1, -0.05) is 29.8 Å². The Morgan fingerprint density at radius 1 is 1.11 bits per heavy atom. The summed E-state index contributed by atoms with van der Waals surface area (Å²) in [5, 5.41) is 7.64. The predicted molar refractivity (Wildman–Crippen MR) is 76.2 cm³/mol. The number of aryl methyl sites for hydroxylation is 2. The molecule has 96 valence electrons. The van der Waals surface area contributed by atoms with Crippen LogP contribution in [-0.4, -0.2) is 14.6 Å². The summed E-state index contributed by atoms with van der Waals surface area (Å²) in [6.07, 6.45) is 1.93. The highest BCUT2D eigenvalue weighted by Gasteiger charge is 2.03. The Hall–Kier alpha value is -2.36. The van der Waals surface area contributed by atoms with Gasteiger partial charge in [0.15, 0.2) is 5.65 Å². The van der Waals surface area contributed by atoms with Gasteiger partial charge in [0.1, 0.15) is 0 Å². The summed E-state index contributed by atoms with van der Waals surface area (Å²) in [5.74, 6) is 0.659. The van der Waals surface area contributed by atoms with E-state index in [0.717, 1.165) is 12.2 Å². The molecular formula is C15H16N4. The first-order valence-corrected chi connectivity index (χ1v) is 6.33. The lowest BCUT2D eigenvalue weighted by molar-refractivity contribution is 0.947. The minimum atomic E-state index is 0.659. The maximum atomic E-state index is 4.45. The van der Waals surface area contributed by atoms with Crippen LogP contribution in [0.2, 0.25) is 0 Å². The summed E-state index contributed by atoms with van der Waals surface area (Å²) in [5.41, 5.74) is 4.55. The predicted octanol–water partition coefficient (Wildman–Crippen LogP) is 2.96. The Bertz CT molecular complexity index is 715. The summed E-state index contributed by atoms with van der Waals surface area (Å²) in [6.45, 7) is 4.88. The van der Waals surface area contributed by atoms with Crippen molar-refractivity contribution in [1.29, 1.82) is 0 Å². The molecule has 4 nitrogen and oxygen atoms in total. The number of fused-ring (bicyclic) bond motifs is 1. The standard InChI is InChI=1S/C15H16N4/c1-11-4-3-5-13(8-11)10-16-15-17-14-9-12(2)6-7-19(14)18-15/h3-9H,10H2,1-2H3,(H,16,18). The third-order valence-corrected chi connectivity index (χ3v) is 3.03. The van der Waals surface area contributed by atoms with Gasteiger partial charge < -0.3 is 5.32 Å². The van der Waals surface area contributed by atoms with E-state index >= 15 is 0 Å². The van der Waals surface area contributed by atoms with Crippen molar-refractivity contribution in [2.45, 2.75) is 20.4 Å². The molecular weight excluding hydrogens is 236 g/mol. The van der Waals surface area contributed by atoms with Crippen LogP contribution in [-0.2, 0) is 6.54 Å². The molecule has 0 bridgehead atoms. The number of pyridine rings is 1. The third kappa shape index (κ3) is 2.57. The fourth-order valence-corrected chi connectivity index (χ4v) is 2.06. The highest BCUT2D eigenvalue weighted by molar-refractivity contribution is 5.45. The van der Waals surface area contributed by atoms with Crippen LogP contribution >= 0.6 is 0 Å². The topological polar surface area (TPSA) is 42.2 Å². The van der Waals surface area contributed by atoms with Crippen LogP contribution in [0.3, 0.4) is 0 Å². The SMILES string of the molecule is Cc1cccc(CNc2nc3cc(C)ccn3n2)c1. The van der Waals surface area contributed by atoms with Crippen molar-refractivity contribution in [3.8, 4) is 0 Å². The molecule has 0 aliphatic rings. The van der Waals surface area contributed by atoms with Gasteiger partial charge in [-0.25, -0.2) is 4.52 Å². The third-order valence-electron chi connectivity index (χ3n) is 3.03. The fraction of sp³-hybridized carbons (Fsp3) is 0.200. The van der Waals surface area contributed by atoms with Gasteiger partial charge in [0.2, 0.25) is 5.95 Å². The number of aromatic nitrogens is 3. The molecule has 3 aromatic rings. The molecule has 0 amide bonds. The van der Waals surface area contributed by atoms with Crippen molar-refractivity contribution in [3.05, 3.63) is 59.3 Å². The second-order valence-electron chi connectivity index (χ2n) is 4.78. The van der Waals surface area contributed by atoms with Gasteiger partial charge in [0.25, 0.3) is 0 Å². The molecule has 19 heavy (non-hydrogen) atoms. The van der Waals surface area contributed by atoms with E-state index < -0.39 is 0 Å². The summed E-state index contributed by atoms with van der Waals surface area (Å²) >= 11 is 0. The molecule has 0 aliphatic carbocycles. The summed E-state index contributed by atoms with van der Waals surface area (Å²) in [7, 11) is 0. The highest BCUT2D eigenvalue weighted by atomic mass is 15.3. The van der Waals surface area contributed by atoms with Gasteiger partial charge in [-0.3, -0.25) is 0 Å². The molecule has 4 heteroatoms. The van der Waals surface area contributed by atoms with E-state index in [1.54, 1.807) is 4.52 Å². The average Bonchev–Trinajstić information content (AvgIpc) is 2.78. The van der Waals surface area contributed by atoms with Crippen molar-refractivity contribution in [3.63, 3.8) is 0 Å². The zero-order chi connectivity index (χ0) is 13.2. The van der Waals surface area contributed by atoms with Crippen LogP contribution in [0.15, 0.2) is 42.6 Å². The monoisotopic (exact) mass is 252 g/mol. The number of anilines is 1. The Kier molecular flexibility index (Phi) is 2.91. The van der Waals surface area contributed by atoms with Gasteiger partial charge in [0, 0.05) is 12.7 Å². The largest absolute Gasteiger partial charge is 0.349 e. The Labute approximate surface area is 112 Å². The molecule has 1 aromatic carbocycles. The lowest BCUT2D eigenvalue weighted by atomic mass is 10.1. The quantitative estimate of drug-likeness (QED) is 0.779. The molecule has 0 saturated heterocycles. The van der Waals surface area contributed by atoms with E-state index in [1.165, 1.54) is 16.7 Å². The van der Waals surface area contributed by atoms with E-state index in [1.807, 2.05) is 18.3 Å². The molecule has 2 heterocycles. The molecule has 0 aliphatic heterocycles. The zero-order valence-electron chi connectivity index (χ0n) is 11.1. The first kappa shape index (κ1) is 11.7. The Morgan fingerprint density at radius 3 is 2.79 bits per heavy atom. The normalized spacial score (nSPS) is 10.8. The molecule has 0 spiro atoms. The van der Waals surface area contributed by atoms with E-state index in [9.17, 15) is 0 Å². The maximum Gasteiger partial charge on any atom is 0.243 e. The van der Waals surface area contributed by atoms with Crippen LogP contribution in [0, 0.1) is 13.8 Å². The minimum Gasteiger partial charge on any atom is -0.349 e. The van der Waals surface area contributed by atoms with Crippen molar-refractivity contribution >= 4 is 11.6 Å². The highest BCUT2D eigenvalue weighted by Crippen LogP contribution is 2.10. The van der Waals surface area contributed by atoms with Crippen LogP contribution < -0.4 is 5.32 Å². The van der Waals surface area contributed by atoms with Crippen molar-refractivity contribution in [2.75, 3.05) is 5.32 Å². The van der Waals surface area contributed by atoms with Crippen LogP contribution in [0.25, 0.3) is 5.65 Å². The Morgan fingerprint density at radius 2 is 1.95 bits per heavy atom. The van der Waals surface area contributed by atoms with E-state index in [-0.39, 0.29) is 0 Å². The first-order chi connectivity index (χ1) is 9.20. The van der Waals surface area contributed by atoms with Crippen LogP contribution in [0.4, 0.5) is 5.95 Å². The maximum absolute atomic E-state index is 4.45. The number of nitrogens with one attached hydrogen (secondary N) is 1. The van der Waals surface area contributed by atoms with Crippen LogP contribution in [0.5, 0.6) is 0 Å². The minimum absolute atomic E-state index is 0.659. The number of hydrogen-bond acceptors (Lipinski definition) is 3. The van der Waals surface area contributed by atoms with Gasteiger partial charge in [0.05, 0.1) is 0 Å². The first-order valence-electron chi connectivity index (χ1n) is 6.33.